The van der Waals surface area contributed by atoms with Crippen LogP contribution in [-0.4, -0.2) is 39.5 Å². The molecule has 1 atom stereocenters. The number of benzene rings is 1. The largest absolute Gasteiger partial charge is 0.303 e. The van der Waals surface area contributed by atoms with Crippen molar-refractivity contribution in [2.45, 2.75) is 18.2 Å². The summed E-state index contributed by atoms with van der Waals surface area (Å²) >= 11 is 3.29. The van der Waals surface area contributed by atoms with E-state index in [4.69, 9.17) is 0 Å². The van der Waals surface area contributed by atoms with Crippen molar-refractivity contribution < 1.29 is 8.42 Å². The average molecular weight is 347 g/mol. The molecule has 0 aliphatic carbocycles. The minimum atomic E-state index is -3.39. The van der Waals surface area contributed by atoms with Gasteiger partial charge in [0.05, 0.1) is 4.90 Å². The third-order valence-corrected chi connectivity index (χ3v) is 5.40. The number of hydrogen-bond acceptors (Lipinski definition) is 3. The van der Waals surface area contributed by atoms with Crippen molar-refractivity contribution in [2.24, 2.45) is 5.92 Å². The molecule has 0 bridgehead atoms. The molecule has 1 unspecified atom stereocenters. The topological polar surface area (TPSA) is 49.4 Å². The Morgan fingerprint density at radius 1 is 1.47 bits per heavy atom. The van der Waals surface area contributed by atoms with Crippen molar-refractivity contribution in [1.82, 2.24) is 9.62 Å². The van der Waals surface area contributed by atoms with Crippen LogP contribution in [0, 0.1) is 5.92 Å². The molecular formula is C13H19BrN2O2S. The van der Waals surface area contributed by atoms with Crippen molar-refractivity contribution >= 4 is 26.0 Å². The Morgan fingerprint density at radius 2 is 2.26 bits per heavy atom. The highest BCUT2D eigenvalue weighted by molar-refractivity contribution is 9.10. The zero-order valence-corrected chi connectivity index (χ0v) is 13.4. The average Bonchev–Trinajstić information content (AvgIpc) is 2.84. The smallest absolute Gasteiger partial charge is 0.240 e. The molecule has 0 amide bonds. The first-order chi connectivity index (χ1) is 9.01. The van der Waals surface area contributed by atoms with E-state index in [1.807, 2.05) is 6.07 Å². The Labute approximate surface area is 123 Å². The lowest BCUT2D eigenvalue weighted by Gasteiger charge is -2.14. The van der Waals surface area contributed by atoms with E-state index in [0.717, 1.165) is 30.5 Å². The highest BCUT2D eigenvalue weighted by atomic mass is 79.9. The van der Waals surface area contributed by atoms with Crippen molar-refractivity contribution in [2.75, 3.05) is 26.2 Å². The highest BCUT2D eigenvalue weighted by Crippen LogP contribution is 2.18. The summed E-state index contributed by atoms with van der Waals surface area (Å²) in [5.41, 5.74) is 0. The summed E-state index contributed by atoms with van der Waals surface area (Å²) in [5.74, 6) is 0.418. The van der Waals surface area contributed by atoms with Gasteiger partial charge in [0.1, 0.15) is 0 Å². The molecule has 0 aromatic heterocycles. The van der Waals surface area contributed by atoms with Gasteiger partial charge in [-0.3, -0.25) is 0 Å². The van der Waals surface area contributed by atoms with Gasteiger partial charge in [0.15, 0.2) is 0 Å². The number of rotatable bonds is 5. The lowest BCUT2D eigenvalue weighted by atomic mass is 10.1. The van der Waals surface area contributed by atoms with Gasteiger partial charge in [-0.25, -0.2) is 13.1 Å². The lowest BCUT2D eigenvalue weighted by molar-refractivity contribution is 0.342. The number of sulfonamides is 1. The van der Waals surface area contributed by atoms with Crippen LogP contribution in [-0.2, 0) is 10.0 Å². The first-order valence-electron chi connectivity index (χ1n) is 6.49. The summed E-state index contributed by atoms with van der Waals surface area (Å²) in [6.07, 6.45) is 1.06. The monoisotopic (exact) mass is 346 g/mol. The van der Waals surface area contributed by atoms with E-state index in [0.29, 0.717) is 17.4 Å². The van der Waals surface area contributed by atoms with Gasteiger partial charge in [-0.1, -0.05) is 28.9 Å². The third-order valence-electron chi connectivity index (χ3n) is 3.49. The normalized spacial score (nSPS) is 20.8. The second-order valence-corrected chi connectivity index (χ2v) is 7.54. The molecule has 1 N–H and O–H groups in total. The molecule has 0 spiro atoms. The summed E-state index contributed by atoms with van der Waals surface area (Å²) in [4.78, 5) is 2.66. The minimum absolute atomic E-state index is 0.312. The Hall–Kier alpha value is -0.430. The number of hydrogen-bond donors (Lipinski definition) is 1. The summed E-state index contributed by atoms with van der Waals surface area (Å²) in [5, 5.41) is 0. The van der Waals surface area contributed by atoms with Crippen LogP contribution in [0.25, 0.3) is 0 Å². The molecule has 0 saturated carbocycles. The van der Waals surface area contributed by atoms with Gasteiger partial charge in [0.2, 0.25) is 10.0 Å². The Kier molecular flexibility index (Phi) is 5.00. The van der Waals surface area contributed by atoms with Crippen LogP contribution in [0.3, 0.4) is 0 Å². The summed E-state index contributed by atoms with van der Waals surface area (Å²) < 4.78 is 27.8. The molecule has 1 aliphatic heterocycles. The number of likely N-dealkylation sites (tertiary alicyclic amines) is 1. The molecule has 19 heavy (non-hydrogen) atoms. The van der Waals surface area contributed by atoms with E-state index in [9.17, 15) is 8.42 Å². The molecule has 4 nitrogen and oxygen atoms in total. The maximum atomic E-state index is 12.1. The van der Waals surface area contributed by atoms with Gasteiger partial charge in [-0.2, -0.15) is 0 Å². The van der Waals surface area contributed by atoms with Crippen LogP contribution < -0.4 is 4.72 Å². The van der Waals surface area contributed by atoms with Gasteiger partial charge in [-0.05, 0) is 43.6 Å². The Morgan fingerprint density at radius 3 is 2.89 bits per heavy atom. The van der Waals surface area contributed by atoms with Gasteiger partial charge in [0, 0.05) is 17.6 Å². The minimum Gasteiger partial charge on any atom is -0.303 e. The van der Waals surface area contributed by atoms with E-state index in [-0.39, 0.29) is 0 Å². The van der Waals surface area contributed by atoms with Crippen LogP contribution in [0.5, 0.6) is 0 Å². The molecule has 1 aromatic carbocycles. The number of nitrogens with zero attached hydrogens (tertiary/aromatic N) is 1. The van der Waals surface area contributed by atoms with Gasteiger partial charge in [-0.15, -0.1) is 0 Å². The maximum absolute atomic E-state index is 12.1. The van der Waals surface area contributed by atoms with Crippen LogP contribution >= 0.6 is 15.9 Å². The molecule has 2 rings (SSSR count). The SMILES string of the molecule is CCN1CCC(CNS(=O)(=O)c2cccc(Br)c2)C1. The zero-order chi connectivity index (χ0) is 13.9. The van der Waals surface area contributed by atoms with Gasteiger partial charge < -0.3 is 4.90 Å². The molecule has 0 radical (unpaired) electrons. The molecule has 1 aromatic rings. The first-order valence-corrected chi connectivity index (χ1v) is 8.76. The number of nitrogens with one attached hydrogen (secondary N) is 1. The Bertz CT molecular complexity index is 533. The summed E-state index contributed by atoms with van der Waals surface area (Å²) in [7, 11) is -3.39. The van der Waals surface area contributed by atoms with Crippen molar-refractivity contribution in [3.63, 3.8) is 0 Å². The quantitative estimate of drug-likeness (QED) is 0.887. The van der Waals surface area contributed by atoms with Crippen molar-refractivity contribution in [3.8, 4) is 0 Å². The molecular weight excluding hydrogens is 328 g/mol. The van der Waals surface area contributed by atoms with Gasteiger partial charge >= 0.3 is 0 Å². The third kappa shape index (κ3) is 4.02. The van der Waals surface area contributed by atoms with E-state index >= 15 is 0 Å². The fraction of sp³-hybridized carbons (Fsp3) is 0.538. The molecule has 1 fully saturated rings. The molecule has 1 saturated heterocycles. The fourth-order valence-electron chi connectivity index (χ4n) is 2.31. The van der Waals surface area contributed by atoms with Crippen LogP contribution in [0.2, 0.25) is 0 Å². The first kappa shape index (κ1) is 15.0. The van der Waals surface area contributed by atoms with E-state index in [1.54, 1.807) is 18.2 Å². The lowest BCUT2D eigenvalue weighted by Crippen LogP contribution is -2.31. The summed E-state index contributed by atoms with van der Waals surface area (Å²) in [6.45, 7) is 5.74. The molecule has 6 heteroatoms. The van der Waals surface area contributed by atoms with Crippen molar-refractivity contribution in [3.05, 3.63) is 28.7 Å². The second-order valence-electron chi connectivity index (χ2n) is 4.86. The predicted molar refractivity (Wildman–Crippen MR) is 79.6 cm³/mol. The fourth-order valence-corrected chi connectivity index (χ4v) is 4.02. The van der Waals surface area contributed by atoms with Crippen LogP contribution in [0.1, 0.15) is 13.3 Å². The van der Waals surface area contributed by atoms with Crippen LogP contribution in [0.15, 0.2) is 33.6 Å². The summed E-state index contributed by atoms with van der Waals surface area (Å²) in [6, 6.07) is 6.78. The Balaban J connectivity index is 1.95. The molecule has 106 valence electrons. The maximum Gasteiger partial charge on any atom is 0.240 e. The van der Waals surface area contributed by atoms with Crippen LogP contribution in [0.4, 0.5) is 0 Å². The van der Waals surface area contributed by atoms with E-state index in [1.165, 1.54) is 0 Å². The second kappa shape index (κ2) is 6.35. The molecule has 1 aliphatic rings. The van der Waals surface area contributed by atoms with E-state index in [2.05, 4.69) is 32.5 Å². The zero-order valence-electron chi connectivity index (χ0n) is 11.0. The highest BCUT2D eigenvalue weighted by Gasteiger charge is 2.23. The predicted octanol–water partition coefficient (Wildman–Crippen LogP) is 2.07. The van der Waals surface area contributed by atoms with E-state index < -0.39 is 10.0 Å². The standard InChI is InChI=1S/C13H19BrN2O2S/c1-2-16-7-6-11(10-16)9-15-19(17,18)13-5-3-4-12(14)8-13/h3-5,8,11,15H,2,6-7,9-10H2,1H3. The van der Waals surface area contributed by atoms with Crippen molar-refractivity contribution in [1.29, 1.82) is 0 Å². The molecule has 1 heterocycles. The number of halogens is 1. The van der Waals surface area contributed by atoms with Gasteiger partial charge in [0.25, 0.3) is 0 Å².